The first-order valence-electron chi connectivity index (χ1n) is 6.83. The van der Waals surface area contributed by atoms with Crippen molar-refractivity contribution in [3.05, 3.63) is 29.3 Å². The summed E-state index contributed by atoms with van der Waals surface area (Å²) in [6.45, 7) is 3.26. The molecular weight excluding hydrogens is 270 g/mol. The summed E-state index contributed by atoms with van der Waals surface area (Å²) in [6, 6.07) is 3.55. The lowest BCUT2D eigenvalue weighted by Crippen LogP contribution is -2.34. The molecule has 0 heterocycles. The Balaban J connectivity index is 2.89. The van der Waals surface area contributed by atoms with E-state index in [1.807, 2.05) is 19.1 Å². The number of aliphatic hydroxyl groups is 2. The van der Waals surface area contributed by atoms with Gasteiger partial charge in [-0.3, -0.25) is 4.99 Å². The van der Waals surface area contributed by atoms with Gasteiger partial charge in [-0.2, -0.15) is 0 Å². The average molecular weight is 293 g/mol. The van der Waals surface area contributed by atoms with E-state index in [2.05, 4.69) is 4.99 Å². The molecule has 1 aromatic rings. The second-order valence-corrected chi connectivity index (χ2v) is 4.92. The van der Waals surface area contributed by atoms with Crippen molar-refractivity contribution >= 4 is 12.3 Å². The third-order valence-electron chi connectivity index (χ3n) is 3.48. The van der Waals surface area contributed by atoms with Crippen LogP contribution in [-0.2, 0) is 0 Å². The predicted octanol–water partition coefficient (Wildman–Crippen LogP) is 1.93. The van der Waals surface area contributed by atoms with Gasteiger partial charge in [-0.1, -0.05) is 13.0 Å². The van der Waals surface area contributed by atoms with Gasteiger partial charge in [0.1, 0.15) is 5.54 Å². The molecule has 1 rings (SSSR count). The summed E-state index contributed by atoms with van der Waals surface area (Å²) in [6.07, 6.45) is 5.65. The first-order valence-corrected chi connectivity index (χ1v) is 6.83. The molecule has 5 nitrogen and oxygen atoms in total. The summed E-state index contributed by atoms with van der Waals surface area (Å²) in [4.78, 5) is 4.22. The fraction of sp³-hybridized carbons (Fsp3) is 0.438. The number of hydrogen-bond acceptors (Lipinski definition) is 5. The summed E-state index contributed by atoms with van der Waals surface area (Å²) in [7, 11) is 1.50. The molecule has 0 unspecified atom stereocenters. The predicted molar refractivity (Wildman–Crippen MR) is 84.1 cm³/mol. The molecule has 0 fully saturated rings. The second-order valence-electron chi connectivity index (χ2n) is 4.92. The number of aliphatic imine (C=N–C) groups is 1. The van der Waals surface area contributed by atoms with Gasteiger partial charge in [0.25, 0.3) is 0 Å². The number of allylic oxidation sites excluding steroid dienone is 1. The molecule has 0 spiro atoms. The van der Waals surface area contributed by atoms with Crippen LogP contribution in [0.15, 0.2) is 23.2 Å². The molecule has 0 aliphatic rings. The Labute approximate surface area is 125 Å². The summed E-state index contributed by atoms with van der Waals surface area (Å²) < 4.78 is 5.10. The van der Waals surface area contributed by atoms with Crippen LogP contribution in [0.2, 0.25) is 0 Å². The van der Waals surface area contributed by atoms with Crippen LogP contribution in [-0.4, -0.2) is 47.4 Å². The molecule has 21 heavy (non-hydrogen) atoms. The van der Waals surface area contributed by atoms with Crippen LogP contribution in [0.1, 0.15) is 24.5 Å². The van der Waals surface area contributed by atoms with Crippen LogP contribution >= 0.6 is 0 Å². The Morgan fingerprint density at radius 1 is 1.29 bits per heavy atom. The number of aromatic hydroxyl groups is 1. The fourth-order valence-corrected chi connectivity index (χ4v) is 1.83. The zero-order chi connectivity index (χ0) is 15.9. The number of aliphatic hydroxyl groups excluding tert-OH is 2. The third kappa shape index (κ3) is 4.31. The van der Waals surface area contributed by atoms with E-state index in [-0.39, 0.29) is 19.0 Å². The number of phenolic OH excluding ortho intramolecular Hbond substituents is 1. The third-order valence-corrected chi connectivity index (χ3v) is 3.48. The van der Waals surface area contributed by atoms with Gasteiger partial charge in [0.15, 0.2) is 11.5 Å². The Bertz CT molecular complexity index is 511. The van der Waals surface area contributed by atoms with Gasteiger partial charge in [-0.15, -0.1) is 0 Å². The van der Waals surface area contributed by atoms with E-state index in [4.69, 9.17) is 4.74 Å². The maximum absolute atomic E-state index is 9.77. The minimum atomic E-state index is -0.826. The Hall–Kier alpha value is -1.85. The van der Waals surface area contributed by atoms with E-state index in [0.717, 1.165) is 11.1 Å². The van der Waals surface area contributed by atoms with E-state index in [1.54, 1.807) is 25.3 Å². The van der Waals surface area contributed by atoms with Gasteiger partial charge >= 0.3 is 0 Å². The highest BCUT2D eigenvalue weighted by atomic mass is 16.5. The monoisotopic (exact) mass is 293 g/mol. The van der Waals surface area contributed by atoms with E-state index >= 15 is 0 Å². The number of methoxy groups -OCH3 is 1. The van der Waals surface area contributed by atoms with Crippen LogP contribution in [0.25, 0.3) is 6.08 Å². The topological polar surface area (TPSA) is 82.3 Å². The van der Waals surface area contributed by atoms with Gasteiger partial charge in [0.05, 0.1) is 20.3 Å². The minimum absolute atomic E-state index is 0.133. The van der Waals surface area contributed by atoms with E-state index in [9.17, 15) is 15.3 Å². The molecule has 0 bridgehead atoms. The standard InChI is InChI=1S/C16H23NO4/c1-4-16(10-18,11-19)17-7-5-6-13-8-12(2)15(20)14(9-13)21-3/h5-9,18-20H,4,10-11H2,1-3H3/b6-5+,17-7?. The average Bonchev–Trinajstić information content (AvgIpc) is 2.51. The Morgan fingerprint density at radius 3 is 2.48 bits per heavy atom. The highest BCUT2D eigenvalue weighted by molar-refractivity contribution is 5.79. The Morgan fingerprint density at radius 2 is 1.95 bits per heavy atom. The highest BCUT2D eigenvalue weighted by Crippen LogP contribution is 2.31. The number of phenols is 1. The van der Waals surface area contributed by atoms with Crippen LogP contribution in [0.4, 0.5) is 0 Å². The summed E-state index contributed by atoms with van der Waals surface area (Å²) >= 11 is 0. The molecule has 1 aromatic carbocycles. The number of ether oxygens (including phenoxy) is 1. The first kappa shape index (κ1) is 17.2. The van der Waals surface area contributed by atoms with Crippen molar-refractivity contribution in [2.75, 3.05) is 20.3 Å². The molecular formula is C16H23NO4. The van der Waals surface area contributed by atoms with Crippen molar-refractivity contribution in [2.45, 2.75) is 25.8 Å². The van der Waals surface area contributed by atoms with E-state index < -0.39 is 5.54 Å². The molecule has 3 N–H and O–H groups in total. The molecule has 0 aromatic heterocycles. The lowest BCUT2D eigenvalue weighted by atomic mass is 10.00. The SMILES string of the molecule is CCC(CO)(CO)N=C/C=C/c1cc(C)c(O)c(OC)c1. The first-order chi connectivity index (χ1) is 10.0. The maximum Gasteiger partial charge on any atom is 0.161 e. The van der Waals surface area contributed by atoms with Gasteiger partial charge in [0.2, 0.25) is 0 Å². The molecule has 0 amide bonds. The summed E-state index contributed by atoms with van der Waals surface area (Å²) in [5.41, 5.74) is 0.760. The van der Waals surface area contributed by atoms with Crippen molar-refractivity contribution in [3.8, 4) is 11.5 Å². The van der Waals surface area contributed by atoms with Crippen LogP contribution < -0.4 is 4.74 Å². The van der Waals surface area contributed by atoms with E-state index in [0.29, 0.717) is 12.2 Å². The molecule has 0 radical (unpaired) electrons. The summed E-state index contributed by atoms with van der Waals surface area (Å²) in [5.74, 6) is 0.550. The largest absolute Gasteiger partial charge is 0.504 e. The molecule has 0 saturated carbocycles. The fourth-order valence-electron chi connectivity index (χ4n) is 1.83. The minimum Gasteiger partial charge on any atom is -0.504 e. The molecule has 0 atom stereocenters. The van der Waals surface area contributed by atoms with Crippen molar-refractivity contribution in [1.82, 2.24) is 0 Å². The number of benzene rings is 1. The normalized spacial score (nSPS) is 12.4. The van der Waals surface area contributed by atoms with Gasteiger partial charge in [-0.05, 0) is 42.7 Å². The quantitative estimate of drug-likeness (QED) is 0.671. The summed E-state index contributed by atoms with van der Waals surface area (Å²) in [5, 5.41) is 28.3. The molecule has 5 heteroatoms. The lowest BCUT2D eigenvalue weighted by Gasteiger charge is -2.22. The number of aryl methyl sites for hydroxylation is 1. The Kier molecular flexibility index (Phi) is 6.39. The van der Waals surface area contributed by atoms with Gasteiger partial charge in [-0.25, -0.2) is 0 Å². The lowest BCUT2D eigenvalue weighted by molar-refractivity contribution is 0.120. The van der Waals surface area contributed by atoms with Crippen molar-refractivity contribution in [1.29, 1.82) is 0 Å². The van der Waals surface area contributed by atoms with Crippen molar-refractivity contribution in [3.63, 3.8) is 0 Å². The zero-order valence-corrected chi connectivity index (χ0v) is 12.7. The van der Waals surface area contributed by atoms with Crippen LogP contribution in [0.5, 0.6) is 11.5 Å². The van der Waals surface area contributed by atoms with Crippen molar-refractivity contribution in [2.24, 2.45) is 4.99 Å². The maximum atomic E-state index is 9.77. The zero-order valence-electron chi connectivity index (χ0n) is 12.7. The van der Waals surface area contributed by atoms with Crippen LogP contribution in [0, 0.1) is 6.92 Å². The van der Waals surface area contributed by atoms with Gasteiger partial charge < -0.3 is 20.1 Å². The van der Waals surface area contributed by atoms with Crippen molar-refractivity contribution < 1.29 is 20.1 Å². The molecule has 0 aliphatic heterocycles. The van der Waals surface area contributed by atoms with Gasteiger partial charge in [0, 0.05) is 6.21 Å². The van der Waals surface area contributed by atoms with Crippen LogP contribution in [0.3, 0.4) is 0 Å². The molecule has 0 saturated heterocycles. The highest BCUT2D eigenvalue weighted by Gasteiger charge is 2.24. The molecule has 0 aliphatic carbocycles. The van der Waals surface area contributed by atoms with E-state index in [1.165, 1.54) is 7.11 Å². The second kappa shape index (κ2) is 7.81. The molecule has 116 valence electrons. The smallest absolute Gasteiger partial charge is 0.161 e. The number of nitrogens with zero attached hydrogens (tertiary/aromatic N) is 1. The number of hydrogen-bond donors (Lipinski definition) is 3. The number of rotatable bonds is 7.